The van der Waals surface area contributed by atoms with Crippen LogP contribution in [0, 0.1) is 0 Å². The fourth-order valence-corrected chi connectivity index (χ4v) is 3.30. The van der Waals surface area contributed by atoms with Crippen LogP contribution >= 0.6 is 0 Å². The van der Waals surface area contributed by atoms with Crippen molar-refractivity contribution in [3.8, 4) is 5.75 Å². The van der Waals surface area contributed by atoms with Crippen molar-refractivity contribution in [2.75, 3.05) is 26.7 Å². The maximum atomic E-state index is 12.3. The molecule has 1 aliphatic heterocycles. The Bertz CT molecular complexity index is 769. The Morgan fingerprint density at radius 1 is 1.04 bits per heavy atom. The van der Waals surface area contributed by atoms with Crippen molar-refractivity contribution in [2.45, 2.75) is 25.3 Å². The van der Waals surface area contributed by atoms with E-state index in [0.717, 1.165) is 30.6 Å². The minimum Gasteiger partial charge on any atom is -0.497 e. The van der Waals surface area contributed by atoms with Crippen LogP contribution in [0.5, 0.6) is 5.75 Å². The molecule has 6 nitrogen and oxygen atoms in total. The molecule has 1 fully saturated rings. The van der Waals surface area contributed by atoms with Gasteiger partial charge in [0.1, 0.15) is 5.75 Å². The van der Waals surface area contributed by atoms with Crippen molar-refractivity contribution in [1.29, 1.82) is 0 Å². The molecule has 0 unspecified atom stereocenters. The Morgan fingerprint density at radius 2 is 1.71 bits per heavy atom. The second kappa shape index (κ2) is 9.78. The summed E-state index contributed by atoms with van der Waals surface area (Å²) in [5, 5.41) is 6.04. The molecule has 0 aromatic heterocycles. The quantitative estimate of drug-likeness (QED) is 0.808. The maximum absolute atomic E-state index is 12.3. The summed E-state index contributed by atoms with van der Waals surface area (Å²) in [6.45, 7) is 1.89. The third-order valence-electron chi connectivity index (χ3n) is 5.00. The summed E-state index contributed by atoms with van der Waals surface area (Å²) in [6, 6.07) is 17.1. The van der Waals surface area contributed by atoms with Gasteiger partial charge in [-0.25, -0.2) is 4.79 Å². The van der Waals surface area contributed by atoms with Gasteiger partial charge in [-0.3, -0.25) is 4.79 Å². The van der Waals surface area contributed by atoms with Crippen molar-refractivity contribution in [1.82, 2.24) is 15.5 Å². The van der Waals surface area contributed by atoms with E-state index >= 15 is 0 Å². The van der Waals surface area contributed by atoms with Gasteiger partial charge in [0.2, 0.25) is 0 Å². The number of rotatable bonds is 6. The largest absolute Gasteiger partial charge is 0.497 e. The molecule has 0 spiro atoms. The maximum Gasteiger partial charge on any atom is 0.317 e. The van der Waals surface area contributed by atoms with Gasteiger partial charge in [0.25, 0.3) is 5.91 Å². The predicted octanol–water partition coefficient (Wildman–Crippen LogP) is 2.84. The number of piperidine rings is 1. The molecular formula is C22H27N3O3. The highest BCUT2D eigenvalue weighted by Gasteiger charge is 2.23. The van der Waals surface area contributed by atoms with Crippen LogP contribution in [0.15, 0.2) is 54.6 Å². The van der Waals surface area contributed by atoms with Gasteiger partial charge in [-0.05, 0) is 49.1 Å². The second-order valence-electron chi connectivity index (χ2n) is 6.93. The monoisotopic (exact) mass is 381 g/mol. The van der Waals surface area contributed by atoms with Gasteiger partial charge in [0, 0.05) is 31.2 Å². The molecule has 2 aromatic carbocycles. The van der Waals surface area contributed by atoms with Crippen LogP contribution in [-0.2, 0) is 6.42 Å². The first-order chi connectivity index (χ1) is 13.7. The number of hydrogen-bond acceptors (Lipinski definition) is 3. The Hall–Kier alpha value is -3.02. The number of carbonyl (C=O) groups is 2. The first-order valence-electron chi connectivity index (χ1n) is 9.67. The number of carbonyl (C=O) groups excluding carboxylic acids is 2. The highest BCUT2D eigenvalue weighted by molar-refractivity contribution is 5.94. The van der Waals surface area contributed by atoms with Crippen LogP contribution in [-0.4, -0.2) is 49.6 Å². The van der Waals surface area contributed by atoms with Crippen molar-refractivity contribution < 1.29 is 14.3 Å². The molecule has 0 aliphatic carbocycles. The third kappa shape index (κ3) is 5.49. The fraction of sp³-hybridized carbons (Fsp3) is 0.364. The first-order valence-corrected chi connectivity index (χ1v) is 9.67. The number of benzene rings is 2. The van der Waals surface area contributed by atoms with E-state index in [1.54, 1.807) is 19.2 Å². The molecule has 0 bridgehead atoms. The van der Waals surface area contributed by atoms with Crippen LogP contribution in [0.2, 0.25) is 0 Å². The van der Waals surface area contributed by atoms with Crippen molar-refractivity contribution in [2.24, 2.45) is 0 Å². The van der Waals surface area contributed by atoms with E-state index in [-0.39, 0.29) is 18.0 Å². The third-order valence-corrected chi connectivity index (χ3v) is 5.00. The van der Waals surface area contributed by atoms with Crippen molar-refractivity contribution >= 4 is 11.9 Å². The molecule has 1 heterocycles. The lowest BCUT2D eigenvalue weighted by atomic mass is 10.0. The summed E-state index contributed by atoms with van der Waals surface area (Å²) >= 11 is 0. The minimum absolute atomic E-state index is 0.0404. The Morgan fingerprint density at radius 3 is 2.36 bits per heavy atom. The summed E-state index contributed by atoms with van der Waals surface area (Å²) in [6.07, 6.45) is 2.31. The number of nitrogens with one attached hydrogen (secondary N) is 2. The molecule has 3 amide bonds. The predicted molar refractivity (Wildman–Crippen MR) is 109 cm³/mol. The van der Waals surface area contributed by atoms with E-state index < -0.39 is 0 Å². The van der Waals surface area contributed by atoms with Gasteiger partial charge in [-0.2, -0.15) is 0 Å². The first kappa shape index (κ1) is 19.7. The number of hydrogen-bond donors (Lipinski definition) is 2. The SMILES string of the molecule is COc1ccc(CCNC(=O)N2CCC(NC(=O)c3ccccc3)CC2)cc1. The molecule has 1 aliphatic rings. The summed E-state index contributed by atoms with van der Waals surface area (Å²) in [7, 11) is 1.64. The van der Waals surface area contributed by atoms with Gasteiger partial charge in [-0.1, -0.05) is 30.3 Å². The Balaban J connectivity index is 1.37. The minimum atomic E-state index is -0.0528. The van der Waals surface area contributed by atoms with E-state index in [1.807, 2.05) is 47.4 Å². The van der Waals surface area contributed by atoms with Gasteiger partial charge in [0.15, 0.2) is 0 Å². The topological polar surface area (TPSA) is 70.7 Å². The standard InChI is InChI=1S/C22H27N3O3/c1-28-20-9-7-17(8-10-20)11-14-23-22(27)25-15-12-19(13-16-25)24-21(26)18-5-3-2-4-6-18/h2-10,19H,11-16H2,1H3,(H,23,27)(H,24,26). The zero-order valence-electron chi connectivity index (χ0n) is 16.2. The lowest BCUT2D eigenvalue weighted by molar-refractivity contribution is 0.0918. The number of nitrogens with zero attached hydrogens (tertiary/aromatic N) is 1. The van der Waals surface area contributed by atoms with Gasteiger partial charge < -0.3 is 20.3 Å². The molecule has 2 aromatic rings. The summed E-state index contributed by atoms with van der Waals surface area (Å²) in [4.78, 5) is 26.4. The molecule has 28 heavy (non-hydrogen) atoms. The Labute approximate surface area is 165 Å². The highest BCUT2D eigenvalue weighted by Crippen LogP contribution is 2.13. The van der Waals surface area contributed by atoms with Gasteiger partial charge in [0.05, 0.1) is 7.11 Å². The molecule has 0 radical (unpaired) electrons. The van der Waals surface area contributed by atoms with Crippen molar-refractivity contribution in [3.63, 3.8) is 0 Å². The van der Waals surface area contributed by atoms with E-state index in [0.29, 0.717) is 25.2 Å². The van der Waals surface area contributed by atoms with Crippen LogP contribution in [0.3, 0.4) is 0 Å². The number of ether oxygens (including phenoxy) is 1. The van der Waals surface area contributed by atoms with Crippen molar-refractivity contribution in [3.05, 3.63) is 65.7 Å². The molecule has 1 saturated heterocycles. The zero-order chi connectivity index (χ0) is 19.8. The highest BCUT2D eigenvalue weighted by atomic mass is 16.5. The molecule has 2 N–H and O–H groups in total. The normalized spacial score (nSPS) is 14.4. The molecule has 148 valence electrons. The number of likely N-dealkylation sites (tertiary alicyclic amines) is 1. The lowest BCUT2D eigenvalue weighted by Gasteiger charge is -2.32. The van der Waals surface area contributed by atoms with Crippen LogP contribution in [0.25, 0.3) is 0 Å². The van der Waals surface area contributed by atoms with E-state index in [2.05, 4.69) is 10.6 Å². The molecule has 6 heteroatoms. The molecule has 0 saturated carbocycles. The zero-order valence-corrected chi connectivity index (χ0v) is 16.2. The average molecular weight is 381 g/mol. The van der Waals surface area contributed by atoms with Crippen LogP contribution in [0.4, 0.5) is 4.79 Å². The Kier molecular flexibility index (Phi) is 6.89. The van der Waals surface area contributed by atoms with Gasteiger partial charge in [-0.15, -0.1) is 0 Å². The van der Waals surface area contributed by atoms with Gasteiger partial charge >= 0.3 is 6.03 Å². The summed E-state index contributed by atoms with van der Waals surface area (Å²) < 4.78 is 5.15. The molecule has 0 atom stereocenters. The van der Waals surface area contributed by atoms with Crippen LogP contribution in [0.1, 0.15) is 28.8 Å². The molecule has 3 rings (SSSR count). The second-order valence-corrected chi connectivity index (χ2v) is 6.93. The number of urea groups is 1. The lowest BCUT2D eigenvalue weighted by Crippen LogP contribution is -2.49. The fourth-order valence-electron chi connectivity index (χ4n) is 3.30. The summed E-state index contributed by atoms with van der Waals surface area (Å²) in [5.74, 6) is 0.776. The van der Waals surface area contributed by atoms with E-state index in [4.69, 9.17) is 4.74 Å². The summed E-state index contributed by atoms with van der Waals surface area (Å²) in [5.41, 5.74) is 1.82. The number of amides is 3. The average Bonchev–Trinajstić information content (AvgIpc) is 2.75. The van der Waals surface area contributed by atoms with E-state index in [9.17, 15) is 9.59 Å². The smallest absolute Gasteiger partial charge is 0.317 e. The van der Waals surface area contributed by atoms with E-state index in [1.165, 1.54) is 0 Å². The van der Waals surface area contributed by atoms with Crippen LogP contribution < -0.4 is 15.4 Å². The number of methoxy groups -OCH3 is 1. The molecular weight excluding hydrogens is 354 g/mol.